The lowest BCUT2D eigenvalue weighted by atomic mass is 10.2. The number of aliphatic carboxylic acids is 1. The monoisotopic (exact) mass is 248 g/mol. The van der Waals surface area contributed by atoms with E-state index in [1.54, 1.807) is 0 Å². The maximum Gasteiger partial charge on any atom is 0.317 e. The lowest BCUT2D eigenvalue weighted by Gasteiger charge is -2.23. The van der Waals surface area contributed by atoms with Crippen molar-refractivity contribution in [3.05, 3.63) is 35.9 Å². The van der Waals surface area contributed by atoms with Gasteiger partial charge in [-0.3, -0.25) is 14.6 Å². The Morgan fingerprint density at radius 3 is 2.83 bits per heavy atom. The van der Waals surface area contributed by atoms with Gasteiger partial charge in [0.05, 0.1) is 6.54 Å². The predicted molar refractivity (Wildman–Crippen MR) is 70.4 cm³/mol. The fourth-order valence-electron chi connectivity index (χ4n) is 2.50. The number of carbonyl (C=O) groups is 1. The molecule has 0 bridgehead atoms. The number of hydrogen-bond acceptors (Lipinski definition) is 3. The number of likely N-dealkylation sites (tertiary alicyclic amines) is 1. The van der Waals surface area contributed by atoms with E-state index < -0.39 is 5.97 Å². The zero-order valence-corrected chi connectivity index (χ0v) is 10.7. The Morgan fingerprint density at radius 2 is 2.17 bits per heavy atom. The molecule has 0 amide bonds. The van der Waals surface area contributed by atoms with E-state index in [1.165, 1.54) is 5.56 Å². The molecule has 1 aromatic carbocycles. The largest absolute Gasteiger partial charge is 0.480 e. The molecule has 1 atom stereocenters. The maximum absolute atomic E-state index is 10.7. The van der Waals surface area contributed by atoms with E-state index in [0.29, 0.717) is 6.04 Å². The molecule has 98 valence electrons. The van der Waals surface area contributed by atoms with Crippen LogP contribution in [-0.2, 0) is 11.3 Å². The smallest absolute Gasteiger partial charge is 0.317 e. The molecule has 1 fully saturated rings. The third kappa shape index (κ3) is 3.55. The third-order valence-electron chi connectivity index (χ3n) is 3.50. The zero-order chi connectivity index (χ0) is 13.0. The summed E-state index contributed by atoms with van der Waals surface area (Å²) >= 11 is 0. The summed E-state index contributed by atoms with van der Waals surface area (Å²) in [5, 5.41) is 8.79. The Labute approximate surface area is 108 Å². The van der Waals surface area contributed by atoms with Gasteiger partial charge in [-0.2, -0.15) is 0 Å². The summed E-state index contributed by atoms with van der Waals surface area (Å²) in [6.45, 7) is 3.09. The molecule has 1 saturated heterocycles. The highest BCUT2D eigenvalue weighted by Crippen LogP contribution is 2.16. The van der Waals surface area contributed by atoms with Crippen molar-refractivity contribution in [2.24, 2.45) is 0 Å². The molecule has 0 spiro atoms. The molecule has 1 unspecified atom stereocenters. The van der Waals surface area contributed by atoms with Gasteiger partial charge in [-0.05, 0) is 19.0 Å². The van der Waals surface area contributed by atoms with E-state index in [-0.39, 0.29) is 6.54 Å². The van der Waals surface area contributed by atoms with Crippen LogP contribution in [0, 0.1) is 0 Å². The van der Waals surface area contributed by atoms with Crippen LogP contribution in [0.25, 0.3) is 0 Å². The summed E-state index contributed by atoms with van der Waals surface area (Å²) in [5.74, 6) is -0.751. The van der Waals surface area contributed by atoms with Crippen molar-refractivity contribution in [3.63, 3.8) is 0 Å². The third-order valence-corrected chi connectivity index (χ3v) is 3.50. The van der Waals surface area contributed by atoms with Gasteiger partial charge in [0.1, 0.15) is 0 Å². The summed E-state index contributed by atoms with van der Waals surface area (Å²) in [5.41, 5.74) is 1.32. The fourth-order valence-corrected chi connectivity index (χ4v) is 2.50. The van der Waals surface area contributed by atoms with Gasteiger partial charge in [0.25, 0.3) is 0 Å². The summed E-state index contributed by atoms with van der Waals surface area (Å²) < 4.78 is 0. The van der Waals surface area contributed by atoms with Crippen molar-refractivity contribution >= 4 is 5.97 Å². The maximum atomic E-state index is 10.7. The molecule has 1 N–H and O–H groups in total. The minimum atomic E-state index is -0.751. The molecule has 1 aliphatic rings. The lowest BCUT2D eigenvalue weighted by molar-refractivity contribution is -0.138. The number of carboxylic acids is 1. The van der Waals surface area contributed by atoms with Crippen molar-refractivity contribution in [1.82, 2.24) is 9.80 Å². The second-order valence-corrected chi connectivity index (χ2v) is 4.97. The van der Waals surface area contributed by atoms with Crippen LogP contribution in [0.15, 0.2) is 30.3 Å². The lowest BCUT2D eigenvalue weighted by Crippen LogP contribution is -2.37. The van der Waals surface area contributed by atoms with Crippen LogP contribution in [0.1, 0.15) is 12.0 Å². The first-order chi connectivity index (χ1) is 8.65. The number of carboxylic acid groups (broad SMARTS) is 1. The van der Waals surface area contributed by atoms with Gasteiger partial charge in [-0.1, -0.05) is 30.3 Å². The second-order valence-electron chi connectivity index (χ2n) is 4.97. The first kappa shape index (κ1) is 13.1. The van der Waals surface area contributed by atoms with Crippen molar-refractivity contribution in [2.75, 3.05) is 26.7 Å². The van der Waals surface area contributed by atoms with Crippen LogP contribution in [0.4, 0.5) is 0 Å². The van der Waals surface area contributed by atoms with E-state index in [1.807, 2.05) is 18.0 Å². The molecule has 1 aromatic rings. The molecular weight excluding hydrogens is 228 g/mol. The number of hydrogen-bond donors (Lipinski definition) is 1. The van der Waals surface area contributed by atoms with Gasteiger partial charge < -0.3 is 5.11 Å². The van der Waals surface area contributed by atoms with E-state index in [9.17, 15) is 4.79 Å². The van der Waals surface area contributed by atoms with E-state index >= 15 is 0 Å². The normalized spacial score (nSPS) is 20.4. The van der Waals surface area contributed by atoms with Gasteiger partial charge in [-0.15, -0.1) is 0 Å². The molecule has 0 aliphatic carbocycles. The SMILES string of the molecule is CN(CC(=O)O)C1CCN(Cc2ccccc2)C1. The molecule has 4 nitrogen and oxygen atoms in total. The summed E-state index contributed by atoms with van der Waals surface area (Å²) in [4.78, 5) is 15.0. The minimum absolute atomic E-state index is 0.129. The average molecular weight is 248 g/mol. The Hall–Kier alpha value is -1.39. The highest BCUT2D eigenvalue weighted by Gasteiger charge is 2.26. The van der Waals surface area contributed by atoms with Crippen molar-refractivity contribution in [2.45, 2.75) is 19.0 Å². The Kier molecular flexibility index (Phi) is 4.33. The van der Waals surface area contributed by atoms with Gasteiger partial charge in [-0.25, -0.2) is 0 Å². The van der Waals surface area contributed by atoms with E-state index in [0.717, 1.165) is 26.1 Å². The van der Waals surface area contributed by atoms with Crippen LogP contribution in [-0.4, -0.2) is 53.6 Å². The first-order valence-corrected chi connectivity index (χ1v) is 6.33. The minimum Gasteiger partial charge on any atom is -0.480 e. The Balaban J connectivity index is 1.83. The van der Waals surface area contributed by atoms with Crippen LogP contribution in [0.5, 0.6) is 0 Å². The summed E-state index contributed by atoms with van der Waals surface area (Å²) in [7, 11) is 1.89. The average Bonchev–Trinajstić information content (AvgIpc) is 2.78. The van der Waals surface area contributed by atoms with E-state index in [4.69, 9.17) is 5.11 Å². The van der Waals surface area contributed by atoms with Crippen LogP contribution in [0.2, 0.25) is 0 Å². The van der Waals surface area contributed by atoms with Crippen molar-refractivity contribution in [3.8, 4) is 0 Å². The van der Waals surface area contributed by atoms with Crippen molar-refractivity contribution < 1.29 is 9.90 Å². The number of rotatable bonds is 5. The molecule has 2 rings (SSSR count). The second kappa shape index (κ2) is 5.98. The zero-order valence-electron chi connectivity index (χ0n) is 10.7. The molecule has 4 heteroatoms. The summed E-state index contributed by atoms with van der Waals surface area (Å²) in [6, 6.07) is 10.8. The molecule has 1 heterocycles. The van der Waals surface area contributed by atoms with Crippen molar-refractivity contribution in [1.29, 1.82) is 0 Å². The quantitative estimate of drug-likeness (QED) is 0.852. The predicted octanol–water partition coefficient (Wildman–Crippen LogP) is 1.28. The molecule has 0 radical (unpaired) electrons. The molecule has 0 saturated carbocycles. The Morgan fingerprint density at radius 1 is 1.44 bits per heavy atom. The number of benzene rings is 1. The van der Waals surface area contributed by atoms with Crippen LogP contribution < -0.4 is 0 Å². The first-order valence-electron chi connectivity index (χ1n) is 6.33. The molecule has 1 aliphatic heterocycles. The Bertz CT molecular complexity index is 394. The molecule has 0 aromatic heterocycles. The van der Waals surface area contributed by atoms with Gasteiger partial charge in [0.15, 0.2) is 0 Å². The number of nitrogens with zero attached hydrogens (tertiary/aromatic N) is 2. The van der Waals surface area contributed by atoms with E-state index in [2.05, 4.69) is 29.2 Å². The number of likely N-dealkylation sites (N-methyl/N-ethyl adjacent to an activating group) is 1. The van der Waals surface area contributed by atoms with Gasteiger partial charge in [0.2, 0.25) is 0 Å². The highest BCUT2D eigenvalue weighted by atomic mass is 16.4. The highest BCUT2D eigenvalue weighted by molar-refractivity contribution is 5.69. The molecule has 18 heavy (non-hydrogen) atoms. The summed E-state index contributed by atoms with van der Waals surface area (Å²) in [6.07, 6.45) is 1.05. The topological polar surface area (TPSA) is 43.8 Å². The standard InChI is InChI=1S/C14H20N2O2/c1-15(11-14(17)18)13-7-8-16(10-13)9-12-5-3-2-4-6-12/h2-6,13H,7-11H2,1H3,(H,17,18). The fraction of sp³-hybridized carbons (Fsp3) is 0.500. The molecular formula is C14H20N2O2. The van der Waals surface area contributed by atoms with Crippen LogP contribution >= 0.6 is 0 Å². The van der Waals surface area contributed by atoms with Gasteiger partial charge in [0, 0.05) is 25.7 Å². The van der Waals surface area contributed by atoms with Crippen LogP contribution in [0.3, 0.4) is 0 Å². The van der Waals surface area contributed by atoms with Gasteiger partial charge >= 0.3 is 5.97 Å².